The Bertz CT molecular complexity index is 686. The van der Waals surface area contributed by atoms with Gasteiger partial charge in [0, 0.05) is 13.1 Å². The molecular formula is C15H22FN3O4S. The Morgan fingerprint density at radius 1 is 1.38 bits per heavy atom. The number of sulfone groups is 1. The van der Waals surface area contributed by atoms with Crippen LogP contribution >= 0.6 is 0 Å². The highest BCUT2D eigenvalue weighted by Gasteiger charge is 2.31. The quantitative estimate of drug-likeness (QED) is 0.767. The van der Waals surface area contributed by atoms with Gasteiger partial charge in [-0.3, -0.25) is 0 Å². The summed E-state index contributed by atoms with van der Waals surface area (Å²) in [6.45, 7) is 6.18. The normalized spacial score (nSPS) is 19.2. The van der Waals surface area contributed by atoms with Gasteiger partial charge in [-0.2, -0.15) is 0 Å². The smallest absolute Gasteiger partial charge is 0.410 e. The van der Waals surface area contributed by atoms with Crippen LogP contribution in [-0.4, -0.2) is 53.8 Å². The summed E-state index contributed by atoms with van der Waals surface area (Å²) in [5, 5.41) is -0.390. The third kappa shape index (κ3) is 5.12. The lowest BCUT2D eigenvalue weighted by Gasteiger charge is -2.33. The van der Waals surface area contributed by atoms with Gasteiger partial charge in [-0.25, -0.2) is 27.6 Å². The second-order valence-electron chi connectivity index (χ2n) is 6.90. The van der Waals surface area contributed by atoms with Crippen LogP contribution in [0.2, 0.25) is 0 Å². The number of halogens is 1. The number of ether oxygens (including phenoxy) is 1. The van der Waals surface area contributed by atoms with Gasteiger partial charge in [-0.15, -0.1) is 0 Å². The Balaban J connectivity index is 2.02. The summed E-state index contributed by atoms with van der Waals surface area (Å²) < 4.78 is 42.8. The van der Waals surface area contributed by atoms with E-state index in [2.05, 4.69) is 9.97 Å². The molecule has 9 heteroatoms. The van der Waals surface area contributed by atoms with E-state index in [0.29, 0.717) is 25.9 Å². The van der Waals surface area contributed by atoms with E-state index in [1.807, 2.05) is 0 Å². The first-order valence-corrected chi connectivity index (χ1v) is 9.40. The minimum Gasteiger partial charge on any atom is -0.444 e. The van der Waals surface area contributed by atoms with Crippen molar-refractivity contribution in [3.05, 3.63) is 18.2 Å². The molecule has 0 aliphatic carbocycles. The van der Waals surface area contributed by atoms with Gasteiger partial charge in [0.1, 0.15) is 5.60 Å². The van der Waals surface area contributed by atoms with Crippen LogP contribution in [0.1, 0.15) is 33.6 Å². The van der Waals surface area contributed by atoms with Crippen molar-refractivity contribution in [2.45, 2.75) is 44.4 Å². The Morgan fingerprint density at radius 3 is 2.58 bits per heavy atom. The van der Waals surface area contributed by atoms with Gasteiger partial charge < -0.3 is 9.64 Å². The van der Waals surface area contributed by atoms with E-state index in [4.69, 9.17) is 4.74 Å². The predicted molar refractivity (Wildman–Crippen MR) is 84.6 cm³/mol. The van der Waals surface area contributed by atoms with Crippen LogP contribution in [0.5, 0.6) is 0 Å². The van der Waals surface area contributed by atoms with Gasteiger partial charge in [-0.05, 0) is 39.5 Å². The van der Waals surface area contributed by atoms with Crippen molar-refractivity contribution < 1.29 is 22.3 Å². The summed E-state index contributed by atoms with van der Waals surface area (Å²) in [5.41, 5.74) is -0.599. The Labute approximate surface area is 141 Å². The number of aromatic nitrogens is 2. The topological polar surface area (TPSA) is 89.5 Å². The number of carbonyl (C=O) groups excluding carboxylic acids is 1. The summed E-state index contributed by atoms with van der Waals surface area (Å²) in [5.74, 6) is -1.11. The van der Waals surface area contributed by atoms with Crippen LogP contribution in [-0.2, 0) is 14.6 Å². The molecule has 2 rings (SSSR count). The summed E-state index contributed by atoms with van der Waals surface area (Å²) in [4.78, 5) is 20.7. The first-order chi connectivity index (χ1) is 11.1. The summed E-state index contributed by atoms with van der Waals surface area (Å²) in [6, 6.07) is 0. The molecule has 1 amide bonds. The molecule has 0 spiro atoms. The second-order valence-corrected chi connectivity index (χ2v) is 8.83. The van der Waals surface area contributed by atoms with Crippen molar-refractivity contribution >= 4 is 15.9 Å². The minimum atomic E-state index is -3.73. The van der Waals surface area contributed by atoms with E-state index in [1.54, 1.807) is 20.8 Å². The van der Waals surface area contributed by atoms with Gasteiger partial charge >= 0.3 is 6.09 Å². The molecule has 1 fully saturated rings. The Morgan fingerprint density at radius 2 is 2.00 bits per heavy atom. The van der Waals surface area contributed by atoms with Crippen LogP contribution in [0.4, 0.5) is 9.18 Å². The largest absolute Gasteiger partial charge is 0.444 e. The minimum absolute atomic E-state index is 0.183. The molecule has 1 aliphatic heterocycles. The van der Waals surface area contributed by atoms with Gasteiger partial charge in [0.2, 0.25) is 15.0 Å². The van der Waals surface area contributed by atoms with Crippen molar-refractivity contribution in [1.29, 1.82) is 0 Å². The van der Waals surface area contributed by atoms with E-state index in [0.717, 1.165) is 12.4 Å². The fraction of sp³-hybridized carbons (Fsp3) is 0.667. The average Bonchev–Trinajstić information content (AvgIpc) is 2.45. The van der Waals surface area contributed by atoms with Crippen LogP contribution < -0.4 is 0 Å². The zero-order valence-corrected chi connectivity index (χ0v) is 14.8. The van der Waals surface area contributed by atoms with E-state index in [9.17, 15) is 17.6 Å². The van der Waals surface area contributed by atoms with Gasteiger partial charge in [0.15, 0.2) is 5.82 Å². The maximum Gasteiger partial charge on any atom is 0.410 e. The van der Waals surface area contributed by atoms with Crippen molar-refractivity contribution in [3.63, 3.8) is 0 Å². The standard InChI is InChI=1S/C15H22FN3O4S/c1-15(2,3)23-14(20)19-6-4-5-11(9-19)10-24(21,22)13-17-7-12(16)8-18-13/h7-8,11H,4-6,9-10H2,1-3H3. The third-order valence-corrected chi connectivity index (χ3v) is 5.18. The van der Waals surface area contributed by atoms with E-state index in [-0.39, 0.29) is 11.7 Å². The number of likely N-dealkylation sites (tertiary alicyclic amines) is 1. The zero-order valence-electron chi connectivity index (χ0n) is 14.0. The number of rotatable bonds is 3. The zero-order chi connectivity index (χ0) is 18.0. The molecule has 0 bridgehead atoms. The van der Waals surface area contributed by atoms with Gasteiger partial charge in [-0.1, -0.05) is 0 Å². The molecule has 0 saturated carbocycles. The van der Waals surface area contributed by atoms with Crippen LogP contribution in [0.25, 0.3) is 0 Å². The van der Waals surface area contributed by atoms with Crippen molar-refractivity contribution in [1.82, 2.24) is 14.9 Å². The average molecular weight is 359 g/mol. The fourth-order valence-electron chi connectivity index (χ4n) is 2.54. The molecule has 0 aromatic carbocycles. The highest BCUT2D eigenvalue weighted by atomic mass is 32.2. The molecule has 24 heavy (non-hydrogen) atoms. The molecule has 1 aliphatic rings. The number of hydrogen-bond donors (Lipinski definition) is 0. The van der Waals surface area contributed by atoms with Gasteiger partial charge in [0.25, 0.3) is 0 Å². The van der Waals surface area contributed by atoms with Crippen molar-refractivity contribution in [2.24, 2.45) is 5.92 Å². The number of amides is 1. The van der Waals surface area contributed by atoms with E-state index < -0.39 is 32.5 Å². The molecule has 1 saturated heterocycles. The van der Waals surface area contributed by atoms with E-state index >= 15 is 0 Å². The number of hydrogen-bond acceptors (Lipinski definition) is 6. The lowest BCUT2D eigenvalue weighted by atomic mass is 10.0. The summed E-state index contributed by atoms with van der Waals surface area (Å²) >= 11 is 0. The number of carbonyl (C=O) groups is 1. The molecule has 0 radical (unpaired) electrons. The predicted octanol–water partition coefficient (Wildman–Crippen LogP) is 2.04. The molecule has 1 aromatic heterocycles. The van der Waals surface area contributed by atoms with Gasteiger partial charge in [0.05, 0.1) is 18.1 Å². The Hall–Kier alpha value is -1.77. The lowest BCUT2D eigenvalue weighted by Crippen LogP contribution is -2.44. The maximum absolute atomic E-state index is 12.8. The number of nitrogens with zero attached hydrogens (tertiary/aromatic N) is 3. The van der Waals surface area contributed by atoms with E-state index in [1.165, 1.54) is 4.90 Å². The maximum atomic E-state index is 12.8. The number of piperidine rings is 1. The molecule has 0 N–H and O–H groups in total. The molecule has 134 valence electrons. The monoisotopic (exact) mass is 359 g/mol. The molecular weight excluding hydrogens is 337 g/mol. The van der Waals surface area contributed by atoms with Crippen molar-refractivity contribution in [2.75, 3.05) is 18.8 Å². The lowest BCUT2D eigenvalue weighted by molar-refractivity contribution is 0.0176. The molecule has 1 atom stereocenters. The van der Waals surface area contributed by atoms with Crippen molar-refractivity contribution in [3.8, 4) is 0 Å². The van der Waals surface area contributed by atoms with Crippen LogP contribution in [0, 0.1) is 11.7 Å². The summed E-state index contributed by atoms with van der Waals surface area (Å²) in [6.07, 6.45) is 2.59. The van der Waals surface area contributed by atoms with Crippen LogP contribution in [0.3, 0.4) is 0 Å². The van der Waals surface area contributed by atoms with Crippen LogP contribution in [0.15, 0.2) is 17.6 Å². The third-order valence-electron chi connectivity index (χ3n) is 3.50. The fourth-order valence-corrected chi connectivity index (χ4v) is 4.01. The molecule has 7 nitrogen and oxygen atoms in total. The first-order valence-electron chi connectivity index (χ1n) is 7.75. The Kier molecular flexibility index (Phi) is 5.42. The molecule has 1 unspecified atom stereocenters. The highest BCUT2D eigenvalue weighted by molar-refractivity contribution is 7.91. The first kappa shape index (κ1) is 18.6. The highest BCUT2D eigenvalue weighted by Crippen LogP contribution is 2.22. The summed E-state index contributed by atoms with van der Waals surface area (Å²) in [7, 11) is -3.73. The molecule has 2 heterocycles. The SMILES string of the molecule is CC(C)(C)OC(=O)N1CCCC(CS(=O)(=O)c2ncc(F)cn2)C1. The molecule has 1 aromatic rings. The second kappa shape index (κ2) is 7.00.